The molecule has 0 spiro atoms. The van der Waals surface area contributed by atoms with Crippen molar-refractivity contribution in [2.45, 2.75) is 19.4 Å². The molecule has 1 aliphatic heterocycles. The molecule has 1 aliphatic rings. The summed E-state index contributed by atoms with van der Waals surface area (Å²) in [5.74, 6) is 0.802. The van der Waals surface area contributed by atoms with Crippen molar-refractivity contribution in [2.24, 2.45) is 5.92 Å². The smallest absolute Gasteiger partial charge is 0.223 e. The van der Waals surface area contributed by atoms with Crippen LogP contribution in [-0.2, 0) is 4.79 Å². The van der Waals surface area contributed by atoms with Gasteiger partial charge in [-0.2, -0.15) is 0 Å². The highest BCUT2D eigenvalue weighted by molar-refractivity contribution is 5.86. The largest absolute Gasteiger partial charge is 0.474 e. The summed E-state index contributed by atoms with van der Waals surface area (Å²) in [6, 6.07) is 15.8. The van der Waals surface area contributed by atoms with E-state index in [4.69, 9.17) is 9.72 Å². The van der Waals surface area contributed by atoms with Crippen LogP contribution in [-0.4, -0.2) is 28.5 Å². The van der Waals surface area contributed by atoms with Crippen LogP contribution < -0.4 is 10.1 Å². The van der Waals surface area contributed by atoms with Crippen LogP contribution in [0.1, 0.15) is 13.3 Å². The second kappa shape index (κ2) is 6.51. The van der Waals surface area contributed by atoms with E-state index in [0.717, 1.165) is 22.2 Å². The first kappa shape index (κ1) is 15.6. The number of amides is 1. The van der Waals surface area contributed by atoms with Gasteiger partial charge in [-0.3, -0.25) is 9.78 Å². The summed E-state index contributed by atoms with van der Waals surface area (Å²) in [6.07, 6.45) is 2.15. The van der Waals surface area contributed by atoms with E-state index >= 15 is 0 Å². The van der Waals surface area contributed by atoms with Crippen LogP contribution in [0.3, 0.4) is 0 Å². The van der Waals surface area contributed by atoms with E-state index in [9.17, 15) is 4.79 Å². The molecular formula is C20H19N3O2. The number of ether oxygens (including phenoxy) is 1. The first-order valence-corrected chi connectivity index (χ1v) is 8.45. The molecule has 1 aromatic carbocycles. The highest BCUT2D eigenvalue weighted by atomic mass is 16.5. The molecule has 1 fully saturated rings. The minimum atomic E-state index is -0.110. The molecule has 1 saturated heterocycles. The van der Waals surface area contributed by atoms with Crippen molar-refractivity contribution in [1.82, 2.24) is 15.3 Å². The monoisotopic (exact) mass is 333 g/mol. The molecule has 0 aliphatic carbocycles. The molecule has 25 heavy (non-hydrogen) atoms. The summed E-state index contributed by atoms with van der Waals surface area (Å²) < 4.78 is 6.18. The van der Waals surface area contributed by atoms with Gasteiger partial charge < -0.3 is 10.1 Å². The number of rotatable bonds is 4. The first-order valence-electron chi connectivity index (χ1n) is 8.45. The third kappa shape index (κ3) is 3.18. The molecule has 5 heteroatoms. The van der Waals surface area contributed by atoms with Gasteiger partial charge in [0.1, 0.15) is 6.10 Å². The maximum absolute atomic E-state index is 11.5. The zero-order valence-corrected chi connectivity index (χ0v) is 14.0. The number of pyridine rings is 2. The minimum Gasteiger partial charge on any atom is -0.474 e. The number of nitrogens with one attached hydrogen (secondary N) is 1. The van der Waals surface area contributed by atoms with E-state index in [2.05, 4.69) is 10.3 Å². The van der Waals surface area contributed by atoms with Crippen molar-refractivity contribution in [1.29, 1.82) is 0 Å². The van der Waals surface area contributed by atoms with Gasteiger partial charge >= 0.3 is 0 Å². The number of benzene rings is 1. The predicted octanol–water partition coefficient (Wildman–Crippen LogP) is 3.20. The second-order valence-electron chi connectivity index (χ2n) is 6.34. The zero-order valence-electron chi connectivity index (χ0n) is 14.0. The van der Waals surface area contributed by atoms with Gasteiger partial charge in [0.15, 0.2) is 0 Å². The van der Waals surface area contributed by atoms with Gasteiger partial charge in [-0.1, -0.05) is 30.3 Å². The van der Waals surface area contributed by atoms with Gasteiger partial charge in [0.25, 0.3) is 0 Å². The third-order valence-electron chi connectivity index (χ3n) is 4.60. The van der Waals surface area contributed by atoms with Gasteiger partial charge in [-0.05, 0) is 25.1 Å². The number of fused-ring (bicyclic) bond motifs is 1. The fourth-order valence-corrected chi connectivity index (χ4v) is 3.12. The molecule has 0 radical (unpaired) electrons. The Morgan fingerprint density at radius 3 is 2.80 bits per heavy atom. The Labute approximate surface area is 146 Å². The number of nitrogens with zero attached hydrogens (tertiary/aromatic N) is 2. The van der Waals surface area contributed by atoms with Crippen LogP contribution in [0.5, 0.6) is 5.88 Å². The van der Waals surface area contributed by atoms with Crippen molar-refractivity contribution < 1.29 is 9.53 Å². The molecule has 1 amide bonds. The van der Waals surface area contributed by atoms with E-state index in [1.807, 2.05) is 55.5 Å². The third-order valence-corrected chi connectivity index (χ3v) is 4.60. The van der Waals surface area contributed by atoms with Gasteiger partial charge in [-0.25, -0.2) is 4.98 Å². The summed E-state index contributed by atoms with van der Waals surface area (Å²) >= 11 is 0. The lowest BCUT2D eigenvalue weighted by Crippen LogP contribution is -2.26. The van der Waals surface area contributed by atoms with E-state index < -0.39 is 0 Å². The number of aromatic nitrogens is 2. The average Bonchev–Trinajstić information content (AvgIpc) is 3.09. The van der Waals surface area contributed by atoms with Gasteiger partial charge in [-0.15, -0.1) is 0 Å². The summed E-state index contributed by atoms with van der Waals surface area (Å²) in [5, 5.41) is 3.74. The Morgan fingerprint density at radius 2 is 2.04 bits per heavy atom. The highest BCUT2D eigenvalue weighted by Gasteiger charge is 2.28. The molecule has 3 heterocycles. The molecule has 0 saturated carbocycles. The van der Waals surface area contributed by atoms with Crippen LogP contribution in [0.15, 0.2) is 54.7 Å². The number of hydrogen-bond acceptors (Lipinski definition) is 4. The van der Waals surface area contributed by atoms with Crippen LogP contribution in [0, 0.1) is 5.92 Å². The molecule has 5 nitrogen and oxygen atoms in total. The van der Waals surface area contributed by atoms with Gasteiger partial charge in [0, 0.05) is 30.6 Å². The lowest BCUT2D eigenvalue weighted by atomic mass is 10.0. The Hall–Kier alpha value is -2.95. The van der Waals surface area contributed by atoms with Gasteiger partial charge in [0.05, 0.1) is 16.6 Å². The normalized spacial score (nSPS) is 18.1. The number of carbonyl (C=O) groups excluding carboxylic acids is 1. The molecule has 2 aromatic heterocycles. The molecular weight excluding hydrogens is 314 g/mol. The fraction of sp³-hybridized carbons (Fsp3) is 0.250. The van der Waals surface area contributed by atoms with E-state index in [-0.39, 0.29) is 17.9 Å². The van der Waals surface area contributed by atoms with Crippen molar-refractivity contribution in [3.8, 4) is 17.1 Å². The van der Waals surface area contributed by atoms with Gasteiger partial charge in [0.2, 0.25) is 11.8 Å². The molecule has 4 rings (SSSR count). The number of hydrogen-bond donors (Lipinski definition) is 1. The highest BCUT2D eigenvalue weighted by Crippen LogP contribution is 2.30. The zero-order chi connectivity index (χ0) is 17.2. The van der Waals surface area contributed by atoms with Crippen LogP contribution >= 0.6 is 0 Å². The molecule has 0 unspecified atom stereocenters. The van der Waals surface area contributed by atoms with E-state index in [1.54, 1.807) is 6.20 Å². The molecule has 0 bridgehead atoms. The van der Waals surface area contributed by atoms with Crippen molar-refractivity contribution in [3.63, 3.8) is 0 Å². The van der Waals surface area contributed by atoms with Crippen molar-refractivity contribution in [2.75, 3.05) is 6.54 Å². The first-order chi connectivity index (χ1) is 12.2. The predicted molar refractivity (Wildman–Crippen MR) is 96.2 cm³/mol. The van der Waals surface area contributed by atoms with E-state index in [0.29, 0.717) is 18.8 Å². The maximum Gasteiger partial charge on any atom is 0.223 e. The molecule has 126 valence electrons. The molecule has 3 aromatic rings. The van der Waals surface area contributed by atoms with Crippen LogP contribution in [0.4, 0.5) is 0 Å². The lowest BCUT2D eigenvalue weighted by Gasteiger charge is -2.20. The Morgan fingerprint density at radius 1 is 1.20 bits per heavy atom. The van der Waals surface area contributed by atoms with Crippen molar-refractivity contribution in [3.05, 3.63) is 54.7 Å². The Kier molecular flexibility index (Phi) is 4.06. The Bertz CT molecular complexity index is 911. The second-order valence-corrected chi connectivity index (χ2v) is 6.34. The number of carbonyl (C=O) groups is 1. The standard InChI is InChI=1S/C20H19N3O2/c1-13(15-10-19(24)22-12-15)25-20-16-8-5-9-21-18(16)11-17(23-20)14-6-3-2-4-7-14/h2-9,11,13,15H,10,12H2,1H3,(H,22,24)/t13-,15+/m0/s1. The van der Waals surface area contributed by atoms with Crippen LogP contribution in [0.25, 0.3) is 22.2 Å². The minimum absolute atomic E-state index is 0.0815. The maximum atomic E-state index is 11.5. The molecule has 2 atom stereocenters. The topological polar surface area (TPSA) is 64.1 Å². The SMILES string of the molecule is C[C@H](Oc1nc(-c2ccccc2)cc2ncccc12)[C@H]1CNC(=O)C1. The Balaban J connectivity index is 1.72. The average molecular weight is 333 g/mol. The quantitative estimate of drug-likeness (QED) is 0.796. The summed E-state index contributed by atoms with van der Waals surface area (Å²) in [5.41, 5.74) is 2.69. The fourth-order valence-electron chi connectivity index (χ4n) is 3.12. The summed E-state index contributed by atoms with van der Waals surface area (Å²) in [7, 11) is 0. The van der Waals surface area contributed by atoms with E-state index in [1.165, 1.54) is 0 Å². The molecule has 1 N–H and O–H groups in total. The van der Waals surface area contributed by atoms with Crippen LogP contribution in [0.2, 0.25) is 0 Å². The lowest BCUT2D eigenvalue weighted by molar-refractivity contribution is -0.119. The summed E-state index contributed by atoms with van der Waals surface area (Å²) in [6.45, 7) is 2.64. The summed E-state index contributed by atoms with van der Waals surface area (Å²) in [4.78, 5) is 20.7. The van der Waals surface area contributed by atoms with Crippen molar-refractivity contribution >= 4 is 16.8 Å².